The summed E-state index contributed by atoms with van der Waals surface area (Å²) in [5.74, 6) is 2.22. The molecule has 0 radical (unpaired) electrons. The van der Waals surface area contributed by atoms with Crippen molar-refractivity contribution in [2.75, 3.05) is 12.3 Å². The lowest BCUT2D eigenvalue weighted by atomic mass is 10.2. The van der Waals surface area contributed by atoms with Crippen LogP contribution in [0, 0.1) is 5.92 Å². The maximum Gasteiger partial charge on any atom is 0.233 e. The van der Waals surface area contributed by atoms with Crippen LogP contribution in [0.2, 0.25) is 0 Å². The number of halogens is 1. The minimum absolute atomic E-state index is 0.220. The number of nitrogens with one attached hydrogen (secondary N) is 1. The van der Waals surface area contributed by atoms with Gasteiger partial charge in [0.15, 0.2) is 0 Å². The van der Waals surface area contributed by atoms with E-state index in [9.17, 15) is 4.79 Å². The molecule has 1 N–H and O–H groups in total. The number of amides is 1. The van der Waals surface area contributed by atoms with Gasteiger partial charge < -0.3 is 5.32 Å². The van der Waals surface area contributed by atoms with E-state index in [0.29, 0.717) is 4.83 Å². The van der Waals surface area contributed by atoms with Crippen LogP contribution in [-0.2, 0) is 4.79 Å². The maximum absolute atomic E-state index is 11.8. The smallest absolute Gasteiger partial charge is 0.233 e. The van der Waals surface area contributed by atoms with Gasteiger partial charge in [0.05, 0.1) is 5.25 Å². The van der Waals surface area contributed by atoms with Crippen LogP contribution in [-0.4, -0.2) is 28.3 Å². The average molecular weight is 292 g/mol. The van der Waals surface area contributed by atoms with Crippen LogP contribution >= 0.6 is 27.7 Å². The molecule has 1 aliphatic carbocycles. The van der Waals surface area contributed by atoms with Crippen molar-refractivity contribution in [2.45, 2.75) is 42.2 Å². The van der Waals surface area contributed by atoms with Gasteiger partial charge >= 0.3 is 0 Å². The van der Waals surface area contributed by atoms with E-state index in [2.05, 4.69) is 21.2 Å². The first-order valence-corrected chi connectivity index (χ1v) is 7.77. The van der Waals surface area contributed by atoms with Gasteiger partial charge in [-0.1, -0.05) is 22.4 Å². The molecule has 1 saturated heterocycles. The molecule has 15 heavy (non-hydrogen) atoms. The summed E-state index contributed by atoms with van der Waals surface area (Å²) in [6.45, 7) is 0.806. The Balaban J connectivity index is 1.66. The number of carbonyl (C=O) groups is 1. The summed E-state index contributed by atoms with van der Waals surface area (Å²) < 4.78 is 0. The summed E-state index contributed by atoms with van der Waals surface area (Å²) in [5, 5.41) is 3.29. The zero-order chi connectivity index (χ0) is 10.7. The molecule has 2 rings (SSSR count). The summed E-state index contributed by atoms with van der Waals surface area (Å²) in [6.07, 6.45) is 6.20. The van der Waals surface area contributed by atoms with Crippen molar-refractivity contribution in [3.8, 4) is 0 Å². The van der Waals surface area contributed by atoms with Crippen molar-refractivity contribution in [1.29, 1.82) is 0 Å². The average Bonchev–Trinajstić information content (AvgIpc) is 3.10. The highest BCUT2D eigenvalue weighted by Gasteiger charge is 2.30. The Labute approximate surface area is 104 Å². The number of rotatable bonds is 4. The Bertz CT molecular complexity index is 227. The first-order valence-electron chi connectivity index (χ1n) is 5.81. The van der Waals surface area contributed by atoms with Gasteiger partial charge in [-0.05, 0) is 37.4 Å². The molecule has 4 heteroatoms. The summed E-state index contributed by atoms with van der Waals surface area (Å²) >= 11 is 5.46. The van der Waals surface area contributed by atoms with Gasteiger partial charge in [0.1, 0.15) is 0 Å². The molecule has 86 valence electrons. The van der Waals surface area contributed by atoms with Gasteiger partial charge in [-0.15, -0.1) is 11.8 Å². The molecule has 2 nitrogen and oxygen atoms in total. The lowest BCUT2D eigenvalue weighted by Crippen LogP contribution is -2.37. The SMILES string of the molecule is O=C(NCC(Br)C1CC1)C1CCCCS1. The Hall–Kier alpha value is 0.300. The highest BCUT2D eigenvalue weighted by atomic mass is 79.9. The van der Waals surface area contributed by atoms with Crippen molar-refractivity contribution in [2.24, 2.45) is 5.92 Å². The van der Waals surface area contributed by atoms with Crippen molar-refractivity contribution in [1.82, 2.24) is 5.32 Å². The van der Waals surface area contributed by atoms with E-state index in [1.807, 2.05) is 11.8 Å². The Morgan fingerprint density at radius 3 is 2.80 bits per heavy atom. The number of alkyl halides is 1. The summed E-state index contributed by atoms with van der Waals surface area (Å²) in [4.78, 5) is 12.3. The molecule has 2 aliphatic rings. The van der Waals surface area contributed by atoms with Crippen LogP contribution in [0.1, 0.15) is 32.1 Å². The third-order valence-electron chi connectivity index (χ3n) is 3.08. The fourth-order valence-electron chi connectivity index (χ4n) is 1.88. The standard InChI is InChI=1S/C11H18BrNOS/c12-9(8-4-5-8)7-13-11(14)10-3-1-2-6-15-10/h8-10H,1-7H2,(H,13,14). The highest BCUT2D eigenvalue weighted by Crippen LogP contribution is 2.36. The second-order valence-corrected chi connectivity index (χ2v) is 6.94. The quantitative estimate of drug-likeness (QED) is 0.807. The molecule has 0 bridgehead atoms. The summed E-state index contributed by atoms with van der Waals surface area (Å²) in [5.41, 5.74) is 0. The molecule has 2 unspecified atom stereocenters. The lowest BCUT2D eigenvalue weighted by Gasteiger charge is -2.21. The van der Waals surface area contributed by atoms with E-state index in [1.54, 1.807) is 0 Å². The van der Waals surface area contributed by atoms with Crippen LogP contribution in [0.3, 0.4) is 0 Å². The Kier molecular flexibility index (Phi) is 4.38. The van der Waals surface area contributed by atoms with Crippen LogP contribution in [0.4, 0.5) is 0 Å². The third-order valence-corrected chi connectivity index (χ3v) is 5.52. The molecule has 0 aromatic carbocycles. The van der Waals surface area contributed by atoms with E-state index in [4.69, 9.17) is 0 Å². The number of hydrogen-bond donors (Lipinski definition) is 1. The predicted octanol–water partition coefficient (Wildman–Crippen LogP) is 2.56. The van der Waals surface area contributed by atoms with Gasteiger partial charge in [0, 0.05) is 11.4 Å². The molecular weight excluding hydrogens is 274 g/mol. The van der Waals surface area contributed by atoms with Crippen LogP contribution in [0.15, 0.2) is 0 Å². The molecule has 2 atom stereocenters. The van der Waals surface area contributed by atoms with Gasteiger partial charge in [-0.3, -0.25) is 4.79 Å². The fraction of sp³-hybridized carbons (Fsp3) is 0.909. The molecule has 2 fully saturated rings. The second-order valence-electron chi connectivity index (χ2n) is 4.45. The first-order chi connectivity index (χ1) is 7.27. The Morgan fingerprint density at radius 2 is 2.20 bits per heavy atom. The molecule has 0 aromatic rings. The zero-order valence-electron chi connectivity index (χ0n) is 8.88. The van der Waals surface area contributed by atoms with Crippen molar-refractivity contribution in [3.05, 3.63) is 0 Å². The van der Waals surface area contributed by atoms with Crippen LogP contribution in [0.5, 0.6) is 0 Å². The molecular formula is C11H18BrNOS. The van der Waals surface area contributed by atoms with E-state index in [-0.39, 0.29) is 11.2 Å². The highest BCUT2D eigenvalue weighted by molar-refractivity contribution is 9.09. The van der Waals surface area contributed by atoms with Crippen LogP contribution < -0.4 is 5.32 Å². The van der Waals surface area contributed by atoms with E-state index >= 15 is 0 Å². The number of hydrogen-bond acceptors (Lipinski definition) is 2. The van der Waals surface area contributed by atoms with E-state index in [1.165, 1.54) is 25.7 Å². The maximum atomic E-state index is 11.8. The zero-order valence-corrected chi connectivity index (χ0v) is 11.3. The summed E-state index contributed by atoms with van der Waals surface area (Å²) in [7, 11) is 0. The number of carbonyl (C=O) groups excluding carboxylic acids is 1. The van der Waals surface area contributed by atoms with Crippen molar-refractivity contribution >= 4 is 33.6 Å². The van der Waals surface area contributed by atoms with Gasteiger partial charge in [0.2, 0.25) is 5.91 Å². The minimum Gasteiger partial charge on any atom is -0.354 e. The molecule has 1 saturated carbocycles. The lowest BCUT2D eigenvalue weighted by molar-refractivity contribution is -0.120. The minimum atomic E-state index is 0.220. The first kappa shape index (κ1) is 11.8. The van der Waals surface area contributed by atoms with E-state index < -0.39 is 0 Å². The molecule has 1 aliphatic heterocycles. The monoisotopic (exact) mass is 291 g/mol. The van der Waals surface area contributed by atoms with Gasteiger partial charge in [0.25, 0.3) is 0 Å². The van der Waals surface area contributed by atoms with Crippen molar-refractivity contribution < 1.29 is 4.79 Å². The summed E-state index contributed by atoms with van der Waals surface area (Å²) in [6, 6.07) is 0. The van der Waals surface area contributed by atoms with Gasteiger partial charge in [-0.25, -0.2) is 0 Å². The number of thioether (sulfide) groups is 1. The van der Waals surface area contributed by atoms with E-state index in [0.717, 1.165) is 24.6 Å². The normalized spacial score (nSPS) is 28.5. The molecule has 1 amide bonds. The predicted molar refractivity (Wildman–Crippen MR) is 68.5 cm³/mol. The molecule has 1 heterocycles. The topological polar surface area (TPSA) is 29.1 Å². The van der Waals surface area contributed by atoms with Crippen molar-refractivity contribution in [3.63, 3.8) is 0 Å². The second kappa shape index (κ2) is 5.58. The molecule has 0 spiro atoms. The fourth-order valence-corrected chi connectivity index (χ4v) is 3.80. The molecule has 0 aromatic heterocycles. The largest absolute Gasteiger partial charge is 0.354 e. The Morgan fingerprint density at radius 1 is 1.40 bits per heavy atom. The van der Waals surface area contributed by atoms with Gasteiger partial charge in [-0.2, -0.15) is 0 Å². The third kappa shape index (κ3) is 3.66. The van der Waals surface area contributed by atoms with Crippen LogP contribution in [0.25, 0.3) is 0 Å².